The molecule has 0 radical (unpaired) electrons. The zero-order valence-electron chi connectivity index (χ0n) is 16.5. The molecule has 2 aromatic carbocycles. The lowest BCUT2D eigenvalue weighted by Gasteiger charge is -2.20. The van der Waals surface area contributed by atoms with Gasteiger partial charge < -0.3 is 9.15 Å². The van der Waals surface area contributed by atoms with Crippen LogP contribution >= 0.6 is 11.3 Å². The summed E-state index contributed by atoms with van der Waals surface area (Å²) in [5.74, 6) is -0.115. The van der Waals surface area contributed by atoms with Crippen LogP contribution in [-0.2, 0) is 21.4 Å². The molecular formula is C22H18N2O5S2. The second-order valence-electron chi connectivity index (χ2n) is 6.50. The number of furan rings is 1. The predicted molar refractivity (Wildman–Crippen MR) is 117 cm³/mol. The van der Waals surface area contributed by atoms with E-state index in [4.69, 9.17) is 9.15 Å². The number of hydrogen-bond acceptors (Lipinski definition) is 7. The highest BCUT2D eigenvalue weighted by Gasteiger charge is 2.27. The molecule has 4 rings (SSSR count). The maximum atomic E-state index is 13.2. The average molecular weight is 455 g/mol. The van der Waals surface area contributed by atoms with Crippen LogP contribution in [0, 0.1) is 0 Å². The SMILES string of the molecule is CN(c1ccccc1)S(=O)(=O)c1ccccc1C(=O)OCc1csc(-c2ccco2)n1. The van der Waals surface area contributed by atoms with Crippen LogP contribution in [0.5, 0.6) is 0 Å². The Hall–Kier alpha value is -3.43. The summed E-state index contributed by atoms with van der Waals surface area (Å²) in [6.07, 6.45) is 1.56. The fourth-order valence-electron chi connectivity index (χ4n) is 2.89. The highest BCUT2D eigenvalue weighted by molar-refractivity contribution is 7.92. The number of carbonyl (C=O) groups is 1. The van der Waals surface area contributed by atoms with E-state index in [0.717, 1.165) is 4.31 Å². The van der Waals surface area contributed by atoms with Crippen LogP contribution in [0.1, 0.15) is 16.1 Å². The Bertz CT molecular complexity index is 1280. The third-order valence-electron chi connectivity index (χ3n) is 4.50. The van der Waals surface area contributed by atoms with Gasteiger partial charge in [0.15, 0.2) is 10.8 Å². The lowest BCUT2D eigenvalue weighted by molar-refractivity contribution is 0.0464. The first-order chi connectivity index (χ1) is 15.0. The molecule has 0 amide bonds. The Morgan fingerprint density at radius 1 is 1.06 bits per heavy atom. The van der Waals surface area contributed by atoms with Gasteiger partial charge in [-0.3, -0.25) is 4.31 Å². The van der Waals surface area contributed by atoms with E-state index in [-0.39, 0.29) is 17.1 Å². The molecule has 7 nitrogen and oxygen atoms in total. The number of carbonyl (C=O) groups excluding carboxylic acids is 1. The summed E-state index contributed by atoms with van der Waals surface area (Å²) >= 11 is 1.36. The fourth-order valence-corrected chi connectivity index (χ4v) is 5.03. The molecular weight excluding hydrogens is 436 g/mol. The van der Waals surface area contributed by atoms with Gasteiger partial charge in [-0.05, 0) is 36.4 Å². The van der Waals surface area contributed by atoms with Crippen LogP contribution in [0.4, 0.5) is 5.69 Å². The molecule has 9 heteroatoms. The lowest BCUT2D eigenvalue weighted by atomic mass is 10.2. The van der Waals surface area contributed by atoms with E-state index in [1.54, 1.807) is 66.2 Å². The van der Waals surface area contributed by atoms with Gasteiger partial charge in [-0.1, -0.05) is 30.3 Å². The standard InChI is InChI=1S/C22H18N2O5S2/c1-24(17-8-3-2-4-9-17)31(26,27)20-12-6-5-10-18(20)22(25)29-14-16-15-30-21(23-16)19-11-7-13-28-19/h2-13,15H,14H2,1H3. The molecule has 2 heterocycles. The third kappa shape index (κ3) is 4.37. The van der Waals surface area contributed by atoms with E-state index in [1.165, 1.54) is 30.5 Å². The van der Waals surface area contributed by atoms with Gasteiger partial charge >= 0.3 is 5.97 Å². The van der Waals surface area contributed by atoms with Crippen molar-refractivity contribution < 1.29 is 22.4 Å². The fraction of sp³-hybridized carbons (Fsp3) is 0.0909. The highest BCUT2D eigenvalue weighted by Crippen LogP contribution is 2.26. The smallest absolute Gasteiger partial charge is 0.339 e. The monoisotopic (exact) mass is 454 g/mol. The Kier molecular flexibility index (Phi) is 5.88. The second-order valence-corrected chi connectivity index (χ2v) is 9.30. The molecule has 0 fully saturated rings. The normalized spacial score (nSPS) is 11.3. The van der Waals surface area contributed by atoms with Gasteiger partial charge in [0, 0.05) is 12.4 Å². The maximum absolute atomic E-state index is 13.2. The first-order valence-electron chi connectivity index (χ1n) is 9.25. The topological polar surface area (TPSA) is 89.7 Å². The third-order valence-corrected chi connectivity index (χ3v) is 7.25. The van der Waals surface area contributed by atoms with E-state index >= 15 is 0 Å². The van der Waals surface area contributed by atoms with E-state index in [0.29, 0.717) is 22.1 Å². The first-order valence-corrected chi connectivity index (χ1v) is 11.6. The Balaban J connectivity index is 1.53. The van der Waals surface area contributed by atoms with Gasteiger partial charge in [-0.25, -0.2) is 18.2 Å². The zero-order chi connectivity index (χ0) is 21.8. The second kappa shape index (κ2) is 8.75. The molecule has 0 atom stereocenters. The number of para-hydroxylation sites is 1. The molecule has 0 bridgehead atoms. The minimum absolute atomic E-state index is 0.0354. The molecule has 4 aromatic rings. The van der Waals surface area contributed by atoms with Crippen LogP contribution < -0.4 is 4.31 Å². The minimum Gasteiger partial charge on any atom is -0.462 e. The molecule has 0 saturated carbocycles. The summed E-state index contributed by atoms with van der Waals surface area (Å²) < 4.78 is 38.1. The Morgan fingerprint density at radius 2 is 1.81 bits per heavy atom. The van der Waals surface area contributed by atoms with Crippen molar-refractivity contribution in [3.05, 3.63) is 89.6 Å². The molecule has 158 valence electrons. The number of ether oxygens (including phenoxy) is 1. The predicted octanol–water partition coefficient (Wildman–Crippen LogP) is 4.59. The van der Waals surface area contributed by atoms with Crippen LogP contribution in [0.3, 0.4) is 0 Å². The maximum Gasteiger partial charge on any atom is 0.339 e. The molecule has 0 aliphatic heterocycles. The van der Waals surface area contributed by atoms with E-state index in [1.807, 2.05) is 0 Å². The van der Waals surface area contributed by atoms with Crippen molar-refractivity contribution in [3.8, 4) is 10.8 Å². The van der Waals surface area contributed by atoms with Crippen molar-refractivity contribution in [1.82, 2.24) is 4.98 Å². The van der Waals surface area contributed by atoms with Crippen molar-refractivity contribution in [2.45, 2.75) is 11.5 Å². The van der Waals surface area contributed by atoms with Crippen LogP contribution in [0.15, 0.2) is 87.7 Å². The van der Waals surface area contributed by atoms with Gasteiger partial charge in [0.2, 0.25) is 0 Å². The van der Waals surface area contributed by atoms with Crippen LogP contribution in [0.25, 0.3) is 10.8 Å². The van der Waals surface area contributed by atoms with Crippen LogP contribution in [0.2, 0.25) is 0 Å². The van der Waals surface area contributed by atoms with Gasteiger partial charge in [-0.2, -0.15) is 0 Å². The molecule has 2 aromatic heterocycles. The quantitative estimate of drug-likeness (QED) is 0.380. The number of thiazole rings is 1. The highest BCUT2D eigenvalue weighted by atomic mass is 32.2. The van der Waals surface area contributed by atoms with Gasteiger partial charge in [0.05, 0.1) is 23.2 Å². The van der Waals surface area contributed by atoms with E-state index < -0.39 is 16.0 Å². The molecule has 0 aliphatic carbocycles. The van der Waals surface area contributed by atoms with E-state index in [2.05, 4.69) is 4.98 Å². The van der Waals surface area contributed by atoms with Crippen LogP contribution in [-0.4, -0.2) is 26.4 Å². The summed E-state index contributed by atoms with van der Waals surface area (Å²) in [5, 5.41) is 2.43. The van der Waals surface area contributed by atoms with Crippen molar-refractivity contribution in [3.63, 3.8) is 0 Å². The van der Waals surface area contributed by atoms with Crippen molar-refractivity contribution in [2.24, 2.45) is 0 Å². The number of aromatic nitrogens is 1. The van der Waals surface area contributed by atoms with Gasteiger partial charge in [0.1, 0.15) is 11.5 Å². The number of anilines is 1. The summed E-state index contributed by atoms with van der Waals surface area (Å²) in [6, 6.07) is 18.2. The number of esters is 1. The molecule has 31 heavy (non-hydrogen) atoms. The summed E-state index contributed by atoms with van der Waals surface area (Å²) in [7, 11) is -2.53. The Labute approximate surface area is 183 Å². The molecule has 0 unspecified atom stereocenters. The largest absolute Gasteiger partial charge is 0.462 e. The van der Waals surface area contributed by atoms with Crippen molar-refractivity contribution >= 4 is 33.0 Å². The molecule has 0 spiro atoms. The molecule has 0 saturated heterocycles. The number of nitrogens with zero attached hydrogens (tertiary/aromatic N) is 2. The van der Waals surface area contributed by atoms with Gasteiger partial charge in [0.25, 0.3) is 10.0 Å². The number of sulfonamides is 1. The first kappa shape index (κ1) is 20.8. The average Bonchev–Trinajstić information content (AvgIpc) is 3.49. The van der Waals surface area contributed by atoms with E-state index in [9.17, 15) is 13.2 Å². The Morgan fingerprint density at radius 3 is 2.55 bits per heavy atom. The summed E-state index contributed by atoms with van der Waals surface area (Å²) in [4.78, 5) is 17.0. The molecule has 0 aliphatic rings. The minimum atomic E-state index is -3.97. The summed E-state index contributed by atoms with van der Waals surface area (Å²) in [6.45, 7) is -0.0844. The molecule has 0 N–H and O–H groups in total. The number of hydrogen-bond donors (Lipinski definition) is 0. The van der Waals surface area contributed by atoms with Crippen molar-refractivity contribution in [1.29, 1.82) is 0 Å². The lowest BCUT2D eigenvalue weighted by Crippen LogP contribution is -2.28. The number of rotatable bonds is 7. The zero-order valence-corrected chi connectivity index (χ0v) is 18.1. The summed E-state index contributed by atoms with van der Waals surface area (Å²) in [5.41, 5.74) is 0.997. The number of benzene rings is 2. The van der Waals surface area contributed by atoms with Crippen molar-refractivity contribution in [2.75, 3.05) is 11.4 Å². The van der Waals surface area contributed by atoms with Gasteiger partial charge in [-0.15, -0.1) is 11.3 Å².